The van der Waals surface area contributed by atoms with E-state index in [2.05, 4.69) is 11.1 Å². The molecule has 2 nitrogen and oxygen atoms in total. The van der Waals surface area contributed by atoms with Crippen LogP contribution < -0.4 is 0 Å². The van der Waals surface area contributed by atoms with Crippen molar-refractivity contribution in [2.24, 2.45) is 10.9 Å². The van der Waals surface area contributed by atoms with E-state index in [9.17, 15) is 0 Å². The monoisotopic (exact) mass is 94.1 g/mol. The first-order valence-corrected chi connectivity index (χ1v) is 2.33. The van der Waals surface area contributed by atoms with Gasteiger partial charge in [-0.05, 0) is 6.42 Å². The fourth-order valence-corrected chi connectivity index (χ4v) is 0.588. The predicted molar refractivity (Wildman–Crippen MR) is 27.1 cm³/mol. The van der Waals surface area contributed by atoms with Gasteiger partial charge in [0.15, 0.2) is 0 Å². The molecule has 1 rings (SSSR count). The average molecular weight is 94.1 g/mol. The summed E-state index contributed by atoms with van der Waals surface area (Å²) < 4.78 is 0. The van der Waals surface area contributed by atoms with Crippen LogP contribution in [0.4, 0.5) is 0 Å². The third-order valence-corrected chi connectivity index (χ3v) is 1.02. The fraction of sp³-hybridized carbons (Fsp3) is 0.600. The van der Waals surface area contributed by atoms with E-state index in [0.717, 1.165) is 13.0 Å². The smallest absolute Gasteiger partial charge is 0.0828 e. The van der Waals surface area contributed by atoms with Gasteiger partial charge < -0.3 is 0 Å². The molecule has 1 aliphatic rings. The maximum absolute atomic E-state index is 8.22. The Morgan fingerprint density at radius 3 is 3.00 bits per heavy atom. The molecule has 0 saturated heterocycles. The van der Waals surface area contributed by atoms with Gasteiger partial charge in [-0.2, -0.15) is 5.26 Å². The Kier molecular flexibility index (Phi) is 1.08. The van der Waals surface area contributed by atoms with E-state index in [1.807, 2.05) is 0 Å². The Bertz CT molecular complexity index is 121. The molecule has 7 heavy (non-hydrogen) atoms. The largest absolute Gasteiger partial charge is 0.296 e. The Labute approximate surface area is 42.5 Å². The van der Waals surface area contributed by atoms with Crippen molar-refractivity contribution in [3.63, 3.8) is 0 Å². The minimum Gasteiger partial charge on any atom is -0.296 e. The van der Waals surface area contributed by atoms with Crippen LogP contribution in [-0.4, -0.2) is 12.8 Å². The lowest BCUT2D eigenvalue weighted by molar-refractivity contribution is 0.835. The first-order valence-electron chi connectivity index (χ1n) is 2.33. The summed E-state index contributed by atoms with van der Waals surface area (Å²) in [6.07, 6.45) is 2.65. The van der Waals surface area contributed by atoms with E-state index in [0.29, 0.717) is 0 Å². The van der Waals surface area contributed by atoms with Crippen molar-refractivity contribution >= 4 is 6.21 Å². The molecule has 0 saturated carbocycles. The highest BCUT2D eigenvalue weighted by Gasteiger charge is 2.06. The van der Waals surface area contributed by atoms with Gasteiger partial charge in [-0.15, -0.1) is 0 Å². The van der Waals surface area contributed by atoms with Crippen molar-refractivity contribution < 1.29 is 0 Å². The summed E-state index contributed by atoms with van der Waals surface area (Å²) in [5.74, 6) is 0.111. The van der Waals surface area contributed by atoms with Crippen molar-refractivity contribution in [3.05, 3.63) is 0 Å². The summed E-state index contributed by atoms with van der Waals surface area (Å²) in [6.45, 7) is 0.845. The van der Waals surface area contributed by atoms with Crippen LogP contribution in [0.3, 0.4) is 0 Å². The van der Waals surface area contributed by atoms with Gasteiger partial charge in [0.1, 0.15) is 0 Å². The maximum atomic E-state index is 8.22. The molecule has 0 aromatic carbocycles. The zero-order chi connectivity index (χ0) is 5.11. The fourth-order valence-electron chi connectivity index (χ4n) is 0.588. The molecule has 2 heteroatoms. The van der Waals surface area contributed by atoms with Crippen molar-refractivity contribution in [1.82, 2.24) is 0 Å². The summed E-state index contributed by atoms with van der Waals surface area (Å²) in [5.41, 5.74) is 0. The third kappa shape index (κ3) is 0.774. The summed E-state index contributed by atoms with van der Waals surface area (Å²) in [4.78, 5) is 3.89. The topological polar surface area (TPSA) is 36.1 Å². The number of nitrogens with zero attached hydrogens (tertiary/aromatic N) is 2. The molecule has 1 aliphatic heterocycles. The second kappa shape index (κ2) is 1.74. The number of hydrogen-bond donors (Lipinski definition) is 0. The highest BCUT2D eigenvalue weighted by Crippen LogP contribution is 2.03. The lowest BCUT2D eigenvalue weighted by Crippen LogP contribution is -1.89. The molecule has 0 amide bonds. The predicted octanol–water partition coefficient (Wildman–Crippen LogP) is 0.601. The van der Waals surface area contributed by atoms with Crippen LogP contribution in [0.15, 0.2) is 4.99 Å². The van der Waals surface area contributed by atoms with Gasteiger partial charge in [0.2, 0.25) is 0 Å². The van der Waals surface area contributed by atoms with Crippen LogP contribution >= 0.6 is 0 Å². The van der Waals surface area contributed by atoms with Gasteiger partial charge >= 0.3 is 0 Å². The van der Waals surface area contributed by atoms with Gasteiger partial charge in [0, 0.05) is 12.8 Å². The minimum atomic E-state index is 0.111. The minimum absolute atomic E-state index is 0.111. The molecule has 0 aromatic heterocycles. The van der Waals surface area contributed by atoms with Crippen molar-refractivity contribution in [3.8, 4) is 6.07 Å². The first-order chi connectivity index (χ1) is 3.43. The second-order valence-corrected chi connectivity index (χ2v) is 1.58. The Morgan fingerprint density at radius 1 is 1.86 bits per heavy atom. The van der Waals surface area contributed by atoms with Crippen molar-refractivity contribution in [2.45, 2.75) is 6.42 Å². The number of rotatable bonds is 0. The Balaban J connectivity index is 2.47. The highest BCUT2D eigenvalue weighted by molar-refractivity contribution is 5.65. The van der Waals surface area contributed by atoms with E-state index >= 15 is 0 Å². The normalized spacial score (nSPS) is 27.6. The van der Waals surface area contributed by atoms with Gasteiger partial charge in [-0.3, -0.25) is 4.99 Å². The molecule has 1 unspecified atom stereocenters. The Hall–Kier alpha value is -0.840. The van der Waals surface area contributed by atoms with Crippen LogP contribution in [0.2, 0.25) is 0 Å². The standard InChI is InChI=1S/C5H6N2/c6-3-5-1-2-7-4-5/h4-5H,1-2H2. The lowest BCUT2D eigenvalue weighted by atomic mass is 10.2. The quantitative estimate of drug-likeness (QED) is 0.433. The molecule has 0 bridgehead atoms. The van der Waals surface area contributed by atoms with Crippen LogP contribution in [0.1, 0.15) is 6.42 Å². The van der Waals surface area contributed by atoms with E-state index in [4.69, 9.17) is 5.26 Å². The van der Waals surface area contributed by atoms with Crippen LogP contribution in [0.5, 0.6) is 0 Å². The lowest BCUT2D eigenvalue weighted by Gasteiger charge is -1.83. The summed E-state index contributed by atoms with van der Waals surface area (Å²) in [6, 6.07) is 2.11. The van der Waals surface area contributed by atoms with Crippen molar-refractivity contribution in [1.29, 1.82) is 5.26 Å². The maximum Gasteiger partial charge on any atom is 0.0828 e. The van der Waals surface area contributed by atoms with E-state index in [1.54, 1.807) is 6.21 Å². The molecule has 0 aliphatic carbocycles. The first kappa shape index (κ1) is 4.32. The molecule has 1 heterocycles. The third-order valence-electron chi connectivity index (χ3n) is 1.02. The molecule has 0 radical (unpaired) electrons. The highest BCUT2D eigenvalue weighted by atomic mass is 14.7. The molecule has 0 spiro atoms. The SMILES string of the molecule is N#CC1C=NCC1. The molecule has 0 N–H and O–H groups in total. The van der Waals surface area contributed by atoms with Crippen molar-refractivity contribution in [2.75, 3.05) is 6.54 Å². The molecular formula is C5H6N2. The zero-order valence-electron chi connectivity index (χ0n) is 3.96. The summed E-state index contributed by atoms with van der Waals surface area (Å²) in [5, 5.41) is 8.22. The average Bonchev–Trinajstić information content (AvgIpc) is 2.14. The molecular weight excluding hydrogens is 88.1 g/mol. The van der Waals surface area contributed by atoms with Gasteiger partial charge in [-0.25, -0.2) is 0 Å². The summed E-state index contributed by atoms with van der Waals surface area (Å²) in [7, 11) is 0. The van der Waals surface area contributed by atoms with E-state index in [-0.39, 0.29) is 5.92 Å². The number of nitriles is 1. The van der Waals surface area contributed by atoms with E-state index < -0.39 is 0 Å². The molecule has 36 valence electrons. The summed E-state index contributed by atoms with van der Waals surface area (Å²) >= 11 is 0. The van der Waals surface area contributed by atoms with Crippen LogP contribution in [0, 0.1) is 17.2 Å². The van der Waals surface area contributed by atoms with E-state index in [1.165, 1.54) is 0 Å². The van der Waals surface area contributed by atoms with Gasteiger partial charge in [0.05, 0.1) is 12.0 Å². The second-order valence-electron chi connectivity index (χ2n) is 1.58. The van der Waals surface area contributed by atoms with Crippen LogP contribution in [-0.2, 0) is 0 Å². The Morgan fingerprint density at radius 2 is 2.71 bits per heavy atom. The zero-order valence-corrected chi connectivity index (χ0v) is 3.96. The molecule has 0 fully saturated rings. The number of aliphatic imine (C=N–C) groups is 1. The van der Waals surface area contributed by atoms with Gasteiger partial charge in [0.25, 0.3) is 0 Å². The van der Waals surface area contributed by atoms with Gasteiger partial charge in [-0.1, -0.05) is 0 Å². The molecule has 1 atom stereocenters. The number of hydrogen-bond acceptors (Lipinski definition) is 2. The van der Waals surface area contributed by atoms with Crippen LogP contribution in [0.25, 0.3) is 0 Å². The molecule has 0 aromatic rings.